The first-order chi connectivity index (χ1) is 13.5. The Morgan fingerprint density at radius 2 is 1.86 bits per heavy atom. The fourth-order valence-electron chi connectivity index (χ4n) is 7.14. The molecule has 7 atom stereocenters. The van der Waals surface area contributed by atoms with Gasteiger partial charge in [-0.2, -0.15) is 0 Å². The topological polar surface area (TPSA) is 83.8 Å². The van der Waals surface area contributed by atoms with E-state index in [-0.39, 0.29) is 22.7 Å². The second kappa shape index (κ2) is 7.81. The minimum atomic E-state index is -0.644. The van der Waals surface area contributed by atoms with Crippen LogP contribution in [0.15, 0.2) is 12.7 Å². The van der Waals surface area contributed by atoms with Gasteiger partial charge in [-0.15, -0.1) is 6.58 Å². The minimum absolute atomic E-state index is 0.0164. The van der Waals surface area contributed by atoms with Gasteiger partial charge >= 0.3 is 5.97 Å². The summed E-state index contributed by atoms with van der Waals surface area (Å²) in [5.41, 5.74) is -1.06. The number of carbonyl (C=O) groups is 2. The van der Waals surface area contributed by atoms with Crippen molar-refractivity contribution in [3.05, 3.63) is 12.7 Å². The van der Waals surface area contributed by atoms with Crippen molar-refractivity contribution in [2.24, 2.45) is 34.0 Å². The van der Waals surface area contributed by atoms with E-state index < -0.39 is 30.2 Å². The number of aliphatic hydroxyl groups is 2. The quantitative estimate of drug-likeness (QED) is 0.552. The molecule has 3 unspecified atom stereocenters. The number of fused-ring (bicyclic) bond motifs is 2. The zero-order chi connectivity index (χ0) is 21.6. The second-order valence-electron chi connectivity index (χ2n) is 10.5. The van der Waals surface area contributed by atoms with Gasteiger partial charge in [-0.3, -0.25) is 4.79 Å². The third-order valence-electron chi connectivity index (χ3n) is 9.38. The molecule has 0 aliphatic heterocycles. The van der Waals surface area contributed by atoms with Crippen molar-refractivity contribution in [1.29, 1.82) is 0 Å². The van der Waals surface area contributed by atoms with Gasteiger partial charge < -0.3 is 14.9 Å². The number of rotatable bonds is 3. The van der Waals surface area contributed by atoms with Crippen LogP contribution in [0.5, 0.6) is 0 Å². The lowest BCUT2D eigenvalue weighted by atomic mass is 9.47. The van der Waals surface area contributed by atoms with E-state index in [2.05, 4.69) is 27.4 Å². The van der Waals surface area contributed by atoms with Crippen molar-refractivity contribution < 1.29 is 24.5 Å². The number of hydrogen-bond acceptors (Lipinski definition) is 5. The molecule has 3 aliphatic rings. The van der Waals surface area contributed by atoms with Crippen LogP contribution in [0.3, 0.4) is 0 Å². The maximum Gasteiger partial charge on any atom is 0.332 e. The molecule has 0 amide bonds. The van der Waals surface area contributed by atoms with Crippen LogP contribution in [0.25, 0.3) is 0 Å². The van der Waals surface area contributed by atoms with Crippen molar-refractivity contribution in [2.75, 3.05) is 6.61 Å². The number of hydrogen-bond donors (Lipinski definition) is 2. The van der Waals surface area contributed by atoms with E-state index in [1.54, 1.807) is 6.08 Å². The fourth-order valence-corrected chi connectivity index (χ4v) is 7.14. The lowest BCUT2D eigenvalue weighted by Crippen LogP contribution is -2.59. The molecule has 0 heterocycles. The van der Waals surface area contributed by atoms with Gasteiger partial charge in [0.25, 0.3) is 0 Å². The van der Waals surface area contributed by atoms with Crippen molar-refractivity contribution >= 4 is 11.8 Å². The van der Waals surface area contributed by atoms with Gasteiger partial charge in [0.2, 0.25) is 0 Å². The Kier molecular flexibility index (Phi) is 6.05. The standard InChI is InChI=1S/C24H38O5/c1-6-22(4)13-19(29-20(27)14-25)23(5)15(2)7-8-18(23)24(16(3)21(22)28)11-9-17(26)10-12-24/h6,15-16,18-19,21,25,28H,1,7-14H2,2-5H3/t15?,16-,18?,19+,21-,22-,23?/m0/s1. The van der Waals surface area contributed by atoms with E-state index in [9.17, 15) is 19.8 Å². The van der Waals surface area contributed by atoms with E-state index in [1.807, 2.05) is 6.92 Å². The third kappa shape index (κ3) is 3.38. The Balaban J connectivity index is 2.16. The normalized spacial score (nSPS) is 44.6. The average molecular weight is 407 g/mol. The Labute approximate surface area is 174 Å². The summed E-state index contributed by atoms with van der Waals surface area (Å²) in [5.74, 6) is 0.310. The molecule has 3 aliphatic carbocycles. The molecule has 29 heavy (non-hydrogen) atoms. The molecule has 164 valence electrons. The predicted octanol–water partition coefficient (Wildman–Crippen LogP) is 3.67. The zero-order valence-electron chi connectivity index (χ0n) is 18.4. The Morgan fingerprint density at radius 3 is 2.41 bits per heavy atom. The van der Waals surface area contributed by atoms with Gasteiger partial charge in [-0.1, -0.05) is 33.8 Å². The Hall–Kier alpha value is -1.20. The molecular formula is C24H38O5. The molecule has 0 aromatic heterocycles. The van der Waals surface area contributed by atoms with Gasteiger partial charge in [0.05, 0.1) is 6.10 Å². The van der Waals surface area contributed by atoms with E-state index >= 15 is 0 Å². The molecule has 0 aromatic rings. The van der Waals surface area contributed by atoms with Crippen LogP contribution in [0, 0.1) is 34.0 Å². The molecule has 0 saturated heterocycles. The molecule has 5 heteroatoms. The highest BCUT2D eigenvalue weighted by Crippen LogP contribution is 2.66. The van der Waals surface area contributed by atoms with Crippen LogP contribution in [0.4, 0.5) is 0 Å². The fraction of sp³-hybridized carbons (Fsp3) is 0.833. The largest absolute Gasteiger partial charge is 0.460 e. The number of carbonyl (C=O) groups excluding carboxylic acids is 2. The summed E-state index contributed by atoms with van der Waals surface area (Å²) in [6.07, 6.45) is 5.98. The van der Waals surface area contributed by atoms with Crippen LogP contribution in [-0.4, -0.2) is 40.8 Å². The molecule has 0 bridgehead atoms. The number of ketones is 1. The number of esters is 1. The van der Waals surface area contributed by atoms with E-state index in [0.717, 1.165) is 25.7 Å². The second-order valence-corrected chi connectivity index (χ2v) is 10.5. The van der Waals surface area contributed by atoms with E-state index in [4.69, 9.17) is 4.74 Å². The summed E-state index contributed by atoms with van der Waals surface area (Å²) in [4.78, 5) is 24.3. The van der Waals surface area contributed by atoms with Crippen molar-refractivity contribution in [3.8, 4) is 0 Å². The predicted molar refractivity (Wildman–Crippen MR) is 111 cm³/mol. The van der Waals surface area contributed by atoms with Crippen LogP contribution in [-0.2, 0) is 14.3 Å². The smallest absolute Gasteiger partial charge is 0.332 e. The molecule has 2 N–H and O–H groups in total. The highest BCUT2D eigenvalue weighted by molar-refractivity contribution is 5.79. The lowest BCUT2D eigenvalue weighted by molar-refractivity contribution is -0.193. The van der Waals surface area contributed by atoms with Crippen LogP contribution < -0.4 is 0 Å². The first-order valence-corrected chi connectivity index (χ1v) is 11.2. The number of ether oxygens (including phenoxy) is 1. The molecule has 3 saturated carbocycles. The van der Waals surface area contributed by atoms with Crippen molar-refractivity contribution in [3.63, 3.8) is 0 Å². The molecule has 0 aromatic carbocycles. The summed E-state index contributed by atoms with van der Waals surface area (Å²) in [6, 6.07) is 0. The van der Waals surface area contributed by atoms with E-state index in [1.165, 1.54) is 0 Å². The maximum atomic E-state index is 12.2. The summed E-state index contributed by atoms with van der Waals surface area (Å²) in [5, 5.41) is 20.9. The van der Waals surface area contributed by atoms with Gasteiger partial charge in [-0.05, 0) is 55.3 Å². The lowest BCUT2D eigenvalue weighted by Gasteiger charge is -2.59. The summed E-state index contributed by atoms with van der Waals surface area (Å²) in [6.45, 7) is 12.0. The Bertz CT molecular complexity index is 662. The van der Waals surface area contributed by atoms with E-state index in [0.29, 0.717) is 31.0 Å². The van der Waals surface area contributed by atoms with Gasteiger partial charge in [0.1, 0.15) is 18.5 Å². The van der Waals surface area contributed by atoms with Gasteiger partial charge in [0.15, 0.2) is 0 Å². The van der Waals surface area contributed by atoms with Gasteiger partial charge in [0, 0.05) is 23.7 Å². The van der Waals surface area contributed by atoms with Crippen molar-refractivity contribution in [1.82, 2.24) is 0 Å². The zero-order valence-corrected chi connectivity index (χ0v) is 18.4. The Morgan fingerprint density at radius 1 is 1.24 bits per heavy atom. The molecular weight excluding hydrogens is 368 g/mol. The summed E-state index contributed by atoms with van der Waals surface area (Å²) >= 11 is 0. The van der Waals surface area contributed by atoms with Gasteiger partial charge in [-0.25, -0.2) is 4.79 Å². The molecule has 3 fully saturated rings. The molecule has 0 radical (unpaired) electrons. The highest BCUT2D eigenvalue weighted by atomic mass is 16.6. The first-order valence-electron chi connectivity index (χ1n) is 11.2. The highest BCUT2D eigenvalue weighted by Gasteiger charge is 2.64. The van der Waals surface area contributed by atoms with Crippen LogP contribution in [0.2, 0.25) is 0 Å². The van der Waals surface area contributed by atoms with Crippen molar-refractivity contribution in [2.45, 2.75) is 84.8 Å². The number of aliphatic hydroxyl groups excluding tert-OH is 2. The minimum Gasteiger partial charge on any atom is -0.460 e. The SMILES string of the molecule is C=C[C@@]1(C)C[C@@H](OC(=O)CO)C2(C)C(C)CCC2C2(CCC(=O)CC2)[C@@H](C)[C@@H]1O. The first kappa shape index (κ1) is 22.5. The monoisotopic (exact) mass is 406 g/mol. The summed E-state index contributed by atoms with van der Waals surface area (Å²) in [7, 11) is 0. The number of Topliss-reactive ketones (excluding diaryl/α,β-unsaturated/α-hetero) is 1. The molecule has 5 nitrogen and oxygen atoms in total. The van der Waals surface area contributed by atoms with Crippen LogP contribution >= 0.6 is 0 Å². The van der Waals surface area contributed by atoms with Crippen LogP contribution in [0.1, 0.15) is 72.6 Å². The summed E-state index contributed by atoms with van der Waals surface area (Å²) < 4.78 is 5.88. The average Bonchev–Trinajstić information content (AvgIpc) is 3.02. The third-order valence-corrected chi connectivity index (χ3v) is 9.38. The molecule has 3 rings (SSSR count). The maximum absolute atomic E-state index is 12.2. The molecule has 1 spiro atoms.